The van der Waals surface area contributed by atoms with Crippen LogP contribution in [0.3, 0.4) is 0 Å². The van der Waals surface area contributed by atoms with Crippen molar-refractivity contribution in [3.8, 4) is 56.5 Å². The molecule has 6 heteroatoms. The lowest BCUT2D eigenvalue weighted by Crippen LogP contribution is -2.15. The first-order valence-corrected chi connectivity index (χ1v) is 19.8. The highest BCUT2D eigenvalue weighted by Gasteiger charge is 2.35. The standard InChI is InChI=1S/C52H36N6/c1-52(2)41-19-9-6-16-37(41)38-29-28-35(30-42(38)52)44-32-56-48(58-45-21-11-7-17-39(45)40-18-8-12-22-46(40)58)31-53-51(56)49(54-44)33-24-26-34(27-25-33)50-55-43-20-10-13-23-47(43)57(50)36-14-4-3-5-15-36/h3-32H,1-2H3. The van der Waals surface area contributed by atoms with E-state index in [0.717, 1.165) is 73.1 Å². The average molecular weight is 745 g/mol. The van der Waals surface area contributed by atoms with Crippen molar-refractivity contribution < 1.29 is 0 Å². The van der Waals surface area contributed by atoms with Gasteiger partial charge >= 0.3 is 0 Å². The molecule has 0 saturated heterocycles. The maximum Gasteiger partial charge on any atom is 0.165 e. The fraction of sp³-hybridized carbons (Fsp3) is 0.0577. The summed E-state index contributed by atoms with van der Waals surface area (Å²) in [6.45, 7) is 4.65. The maximum absolute atomic E-state index is 5.47. The summed E-state index contributed by atoms with van der Waals surface area (Å²) in [6.07, 6.45) is 4.15. The molecule has 0 amide bonds. The Morgan fingerprint density at radius 3 is 1.90 bits per heavy atom. The molecule has 0 fully saturated rings. The van der Waals surface area contributed by atoms with Gasteiger partial charge in [0, 0.05) is 44.8 Å². The van der Waals surface area contributed by atoms with E-state index in [1.165, 1.54) is 33.0 Å². The lowest BCUT2D eigenvalue weighted by molar-refractivity contribution is 0.660. The summed E-state index contributed by atoms with van der Waals surface area (Å²) in [4.78, 5) is 15.7. The van der Waals surface area contributed by atoms with Crippen molar-refractivity contribution in [3.63, 3.8) is 0 Å². The van der Waals surface area contributed by atoms with Crippen LogP contribution in [0.15, 0.2) is 182 Å². The Morgan fingerprint density at radius 1 is 0.500 bits per heavy atom. The summed E-state index contributed by atoms with van der Waals surface area (Å²) in [5.41, 5.74) is 16.0. The molecular formula is C52H36N6. The van der Waals surface area contributed by atoms with Gasteiger partial charge in [-0.15, -0.1) is 0 Å². The molecule has 0 aliphatic heterocycles. The first-order chi connectivity index (χ1) is 28.5. The van der Waals surface area contributed by atoms with Crippen molar-refractivity contribution in [3.05, 3.63) is 193 Å². The summed E-state index contributed by atoms with van der Waals surface area (Å²) >= 11 is 0. The zero-order valence-electron chi connectivity index (χ0n) is 32.0. The van der Waals surface area contributed by atoms with Crippen LogP contribution in [0.1, 0.15) is 25.0 Å². The second-order valence-corrected chi connectivity index (χ2v) is 15.8. The van der Waals surface area contributed by atoms with Gasteiger partial charge in [-0.25, -0.2) is 15.0 Å². The molecule has 1 aliphatic carbocycles. The molecule has 4 heterocycles. The van der Waals surface area contributed by atoms with Crippen LogP contribution in [-0.4, -0.2) is 28.5 Å². The smallest absolute Gasteiger partial charge is 0.165 e. The highest BCUT2D eigenvalue weighted by Crippen LogP contribution is 2.49. The van der Waals surface area contributed by atoms with Crippen molar-refractivity contribution in [1.29, 1.82) is 0 Å². The molecule has 0 spiro atoms. The highest BCUT2D eigenvalue weighted by molar-refractivity contribution is 6.09. The van der Waals surface area contributed by atoms with Crippen LogP contribution >= 0.6 is 0 Å². The molecule has 0 bridgehead atoms. The van der Waals surface area contributed by atoms with Gasteiger partial charge in [-0.3, -0.25) is 13.5 Å². The van der Waals surface area contributed by atoms with Gasteiger partial charge in [-0.1, -0.05) is 141 Å². The predicted molar refractivity (Wildman–Crippen MR) is 236 cm³/mol. The third-order valence-corrected chi connectivity index (χ3v) is 12.2. The van der Waals surface area contributed by atoms with E-state index in [4.69, 9.17) is 15.0 Å². The number of benzene rings is 7. The largest absolute Gasteiger partial charge is 0.294 e. The molecule has 4 aromatic heterocycles. The van der Waals surface area contributed by atoms with Crippen molar-refractivity contribution in [2.45, 2.75) is 19.3 Å². The number of hydrogen-bond donors (Lipinski definition) is 0. The number of imidazole rings is 2. The normalized spacial score (nSPS) is 13.1. The van der Waals surface area contributed by atoms with Crippen LogP contribution in [0.2, 0.25) is 0 Å². The second-order valence-electron chi connectivity index (χ2n) is 15.8. The molecular weight excluding hydrogens is 709 g/mol. The third kappa shape index (κ3) is 4.69. The minimum Gasteiger partial charge on any atom is -0.294 e. The molecule has 274 valence electrons. The molecule has 0 saturated carbocycles. The fourth-order valence-corrected chi connectivity index (χ4v) is 9.34. The van der Waals surface area contributed by atoms with E-state index < -0.39 is 0 Å². The average Bonchev–Trinajstić information content (AvgIpc) is 4.02. The van der Waals surface area contributed by atoms with E-state index >= 15 is 0 Å². The van der Waals surface area contributed by atoms with E-state index in [1.807, 2.05) is 18.3 Å². The highest BCUT2D eigenvalue weighted by atomic mass is 15.2. The van der Waals surface area contributed by atoms with Crippen molar-refractivity contribution in [1.82, 2.24) is 28.5 Å². The van der Waals surface area contributed by atoms with Crippen LogP contribution < -0.4 is 0 Å². The Hall–Kier alpha value is -7.57. The number of nitrogens with zero attached hydrogens (tertiary/aromatic N) is 6. The Balaban J connectivity index is 1.07. The zero-order chi connectivity index (χ0) is 38.5. The Bertz CT molecular complexity index is 3370. The molecule has 7 aromatic carbocycles. The molecule has 6 nitrogen and oxygen atoms in total. The number of para-hydroxylation sites is 5. The third-order valence-electron chi connectivity index (χ3n) is 12.2. The van der Waals surface area contributed by atoms with E-state index in [1.54, 1.807) is 0 Å². The van der Waals surface area contributed by atoms with E-state index in [0.29, 0.717) is 0 Å². The number of hydrogen-bond acceptors (Lipinski definition) is 3. The number of aromatic nitrogens is 6. The van der Waals surface area contributed by atoms with Crippen LogP contribution in [0.25, 0.3) is 95.0 Å². The first-order valence-electron chi connectivity index (χ1n) is 19.8. The van der Waals surface area contributed by atoms with Gasteiger partial charge < -0.3 is 0 Å². The lowest BCUT2D eigenvalue weighted by Gasteiger charge is -2.22. The lowest BCUT2D eigenvalue weighted by atomic mass is 9.82. The zero-order valence-corrected chi connectivity index (χ0v) is 32.0. The van der Waals surface area contributed by atoms with Crippen LogP contribution in [-0.2, 0) is 5.41 Å². The molecule has 0 atom stereocenters. The minimum atomic E-state index is -0.135. The minimum absolute atomic E-state index is 0.135. The summed E-state index contributed by atoms with van der Waals surface area (Å²) < 4.78 is 6.80. The predicted octanol–water partition coefficient (Wildman–Crippen LogP) is 12.5. The van der Waals surface area contributed by atoms with E-state index in [-0.39, 0.29) is 5.41 Å². The Kier molecular flexibility index (Phi) is 6.88. The summed E-state index contributed by atoms with van der Waals surface area (Å²) in [5, 5.41) is 2.42. The van der Waals surface area contributed by atoms with Crippen LogP contribution in [0.4, 0.5) is 0 Å². The first kappa shape index (κ1) is 32.7. The Labute approximate surface area is 335 Å². The van der Waals surface area contributed by atoms with Gasteiger partial charge in [-0.2, -0.15) is 0 Å². The summed E-state index contributed by atoms with van der Waals surface area (Å²) in [7, 11) is 0. The summed E-state index contributed by atoms with van der Waals surface area (Å²) in [6, 6.07) is 60.3. The van der Waals surface area contributed by atoms with Gasteiger partial charge in [0.2, 0.25) is 0 Å². The van der Waals surface area contributed by atoms with E-state index in [2.05, 4.69) is 191 Å². The molecule has 11 aromatic rings. The fourth-order valence-electron chi connectivity index (χ4n) is 9.34. The molecule has 0 unspecified atom stereocenters. The van der Waals surface area contributed by atoms with Crippen LogP contribution in [0.5, 0.6) is 0 Å². The second kappa shape index (κ2) is 12.2. The van der Waals surface area contributed by atoms with Gasteiger partial charge in [0.25, 0.3) is 0 Å². The van der Waals surface area contributed by atoms with Crippen molar-refractivity contribution in [2.24, 2.45) is 0 Å². The van der Waals surface area contributed by atoms with Crippen molar-refractivity contribution in [2.75, 3.05) is 0 Å². The van der Waals surface area contributed by atoms with Gasteiger partial charge in [0.1, 0.15) is 17.3 Å². The number of rotatable bonds is 5. The molecule has 1 aliphatic rings. The summed E-state index contributed by atoms with van der Waals surface area (Å²) in [5.74, 6) is 1.85. The molecule has 0 radical (unpaired) electrons. The van der Waals surface area contributed by atoms with E-state index in [9.17, 15) is 0 Å². The topological polar surface area (TPSA) is 52.9 Å². The van der Waals surface area contributed by atoms with Gasteiger partial charge in [0.05, 0.1) is 34.0 Å². The van der Waals surface area contributed by atoms with Crippen LogP contribution in [0, 0.1) is 0 Å². The van der Waals surface area contributed by atoms with Gasteiger partial charge in [-0.05, 0) is 64.7 Å². The quantitative estimate of drug-likeness (QED) is 0.176. The Morgan fingerprint density at radius 2 is 1.12 bits per heavy atom. The van der Waals surface area contributed by atoms with Gasteiger partial charge in [0.15, 0.2) is 5.65 Å². The SMILES string of the molecule is CC1(C)c2ccccc2-c2ccc(-c3cn4c(-n5c6ccccc6c6ccccc65)cnc4c(-c4ccc(-c5nc6ccccc6n5-c5ccccc5)cc4)n3)cc21. The maximum atomic E-state index is 5.47. The van der Waals surface area contributed by atoms with Crippen molar-refractivity contribution >= 4 is 38.5 Å². The molecule has 0 N–H and O–H groups in total. The molecule has 12 rings (SSSR count). The number of fused-ring (bicyclic) bond motifs is 8. The molecule has 58 heavy (non-hydrogen) atoms. The monoisotopic (exact) mass is 744 g/mol.